The molecule has 3 rings (SSSR count). The van der Waals surface area contributed by atoms with E-state index in [1.165, 1.54) is 10.9 Å². The van der Waals surface area contributed by atoms with Gasteiger partial charge >= 0.3 is 5.97 Å². The number of nitrogens with one attached hydrogen (secondary N) is 1. The van der Waals surface area contributed by atoms with Gasteiger partial charge in [0.15, 0.2) is 0 Å². The van der Waals surface area contributed by atoms with E-state index in [1.807, 2.05) is 19.9 Å². The monoisotopic (exact) mass is 379 g/mol. The number of aromatic nitrogens is 2. The summed E-state index contributed by atoms with van der Waals surface area (Å²) in [6.45, 7) is 4.01. The molecule has 0 aliphatic rings. The van der Waals surface area contributed by atoms with Crippen LogP contribution in [0.1, 0.15) is 29.3 Å². The van der Waals surface area contributed by atoms with Crippen molar-refractivity contribution in [3.8, 4) is 0 Å². The van der Waals surface area contributed by atoms with Crippen molar-refractivity contribution in [1.82, 2.24) is 9.55 Å². The van der Waals surface area contributed by atoms with Crippen LogP contribution in [0.3, 0.4) is 0 Å². The predicted molar refractivity (Wildman–Crippen MR) is 106 cm³/mol. The third kappa shape index (κ3) is 4.25. The van der Waals surface area contributed by atoms with Gasteiger partial charge in [-0.15, -0.1) is 0 Å². The van der Waals surface area contributed by atoms with E-state index in [0.29, 0.717) is 28.8 Å². The molecule has 2 aromatic carbocycles. The Balaban J connectivity index is 1.69. The maximum Gasteiger partial charge on any atom is 0.338 e. The van der Waals surface area contributed by atoms with Gasteiger partial charge in [-0.05, 0) is 49.2 Å². The molecule has 0 atom stereocenters. The number of hydrogen-bond acceptors (Lipinski definition) is 5. The summed E-state index contributed by atoms with van der Waals surface area (Å²) < 4.78 is 6.33. The Bertz CT molecular complexity index is 1070. The van der Waals surface area contributed by atoms with Crippen LogP contribution in [-0.2, 0) is 16.1 Å². The summed E-state index contributed by atoms with van der Waals surface area (Å²) in [7, 11) is 0. The molecule has 7 heteroatoms. The SMILES string of the molecule is CCCOC(=O)c1ccc(NC(=O)Cn2cnc3c(C)cccc3c2=O)cc1. The lowest BCUT2D eigenvalue weighted by Gasteiger charge is -2.09. The third-order valence-electron chi connectivity index (χ3n) is 4.21. The van der Waals surface area contributed by atoms with Crippen LogP contribution in [0.15, 0.2) is 53.6 Å². The van der Waals surface area contributed by atoms with Gasteiger partial charge in [-0.3, -0.25) is 14.2 Å². The summed E-state index contributed by atoms with van der Waals surface area (Å²) in [5.41, 5.74) is 2.21. The number of nitrogens with zero attached hydrogens (tertiary/aromatic N) is 2. The number of fused-ring (bicyclic) bond motifs is 1. The second kappa shape index (κ2) is 8.47. The molecular formula is C21H21N3O4. The van der Waals surface area contributed by atoms with Crippen LogP contribution >= 0.6 is 0 Å². The Morgan fingerprint density at radius 2 is 1.89 bits per heavy atom. The quantitative estimate of drug-likeness (QED) is 0.665. The molecule has 1 aromatic heterocycles. The van der Waals surface area contributed by atoms with Crippen molar-refractivity contribution in [1.29, 1.82) is 0 Å². The Morgan fingerprint density at radius 3 is 2.61 bits per heavy atom. The van der Waals surface area contributed by atoms with Gasteiger partial charge in [0, 0.05) is 5.69 Å². The summed E-state index contributed by atoms with van der Waals surface area (Å²) in [6, 6.07) is 11.8. The van der Waals surface area contributed by atoms with E-state index in [1.54, 1.807) is 36.4 Å². The molecule has 0 saturated heterocycles. The van der Waals surface area contributed by atoms with Crippen LogP contribution in [-0.4, -0.2) is 28.0 Å². The van der Waals surface area contributed by atoms with Gasteiger partial charge in [0.05, 0.1) is 29.4 Å². The molecule has 7 nitrogen and oxygen atoms in total. The van der Waals surface area contributed by atoms with Gasteiger partial charge in [0.1, 0.15) is 6.54 Å². The smallest absolute Gasteiger partial charge is 0.338 e. The molecular weight excluding hydrogens is 358 g/mol. The molecule has 28 heavy (non-hydrogen) atoms. The number of anilines is 1. The van der Waals surface area contributed by atoms with E-state index < -0.39 is 5.97 Å². The number of aryl methyl sites for hydroxylation is 1. The van der Waals surface area contributed by atoms with Crippen molar-refractivity contribution in [2.24, 2.45) is 0 Å². The number of para-hydroxylation sites is 1. The number of carbonyl (C=O) groups excluding carboxylic acids is 2. The molecule has 1 N–H and O–H groups in total. The van der Waals surface area contributed by atoms with E-state index in [4.69, 9.17) is 4.74 Å². The Morgan fingerprint density at radius 1 is 1.14 bits per heavy atom. The molecule has 0 unspecified atom stereocenters. The van der Waals surface area contributed by atoms with Crippen LogP contribution < -0.4 is 10.9 Å². The van der Waals surface area contributed by atoms with E-state index >= 15 is 0 Å². The number of rotatable bonds is 6. The first kappa shape index (κ1) is 19.3. The fourth-order valence-corrected chi connectivity index (χ4v) is 2.77. The molecule has 1 heterocycles. The molecule has 144 valence electrons. The molecule has 3 aromatic rings. The number of hydrogen-bond donors (Lipinski definition) is 1. The molecule has 0 spiro atoms. The molecule has 0 aliphatic carbocycles. The number of esters is 1. The Kier molecular flexibility index (Phi) is 5.84. The zero-order valence-corrected chi connectivity index (χ0v) is 15.8. The van der Waals surface area contributed by atoms with Crippen LogP contribution in [0.25, 0.3) is 10.9 Å². The first-order valence-corrected chi connectivity index (χ1v) is 9.01. The fourth-order valence-electron chi connectivity index (χ4n) is 2.77. The summed E-state index contributed by atoms with van der Waals surface area (Å²) >= 11 is 0. The van der Waals surface area contributed by atoms with Crippen molar-refractivity contribution in [2.75, 3.05) is 11.9 Å². The Hall–Kier alpha value is -3.48. The van der Waals surface area contributed by atoms with Gasteiger partial charge in [-0.2, -0.15) is 0 Å². The standard InChI is InChI=1S/C21H21N3O4/c1-3-11-28-21(27)15-7-9-16(10-8-15)23-18(25)12-24-13-22-19-14(2)5-4-6-17(19)20(24)26/h4-10,13H,3,11-12H2,1-2H3,(H,23,25). The summed E-state index contributed by atoms with van der Waals surface area (Å²) in [5.74, 6) is -0.763. The average molecular weight is 379 g/mol. The van der Waals surface area contributed by atoms with Gasteiger partial charge in [-0.1, -0.05) is 19.1 Å². The summed E-state index contributed by atoms with van der Waals surface area (Å²) in [4.78, 5) is 41.0. The highest BCUT2D eigenvalue weighted by atomic mass is 16.5. The number of ether oxygens (including phenoxy) is 1. The van der Waals surface area contributed by atoms with Crippen molar-refractivity contribution in [3.05, 3.63) is 70.3 Å². The third-order valence-corrected chi connectivity index (χ3v) is 4.21. The van der Waals surface area contributed by atoms with Crippen LogP contribution in [0, 0.1) is 6.92 Å². The number of benzene rings is 2. The minimum Gasteiger partial charge on any atom is -0.462 e. The van der Waals surface area contributed by atoms with E-state index in [0.717, 1.165) is 12.0 Å². The lowest BCUT2D eigenvalue weighted by Crippen LogP contribution is -2.28. The van der Waals surface area contributed by atoms with Gasteiger partial charge < -0.3 is 10.1 Å². The van der Waals surface area contributed by atoms with Crippen molar-refractivity contribution >= 4 is 28.5 Å². The van der Waals surface area contributed by atoms with Gasteiger partial charge in [0.25, 0.3) is 5.56 Å². The largest absolute Gasteiger partial charge is 0.462 e. The molecule has 0 fully saturated rings. The molecule has 0 saturated carbocycles. The topological polar surface area (TPSA) is 90.3 Å². The number of carbonyl (C=O) groups is 2. The minimum absolute atomic E-state index is 0.157. The highest BCUT2D eigenvalue weighted by Crippen LogP contribution is 2.12. The first-order chi connectivity index (χ1) is 13.5. The Labute approximate surface area is 162 Å². The van der Waals surface area contributed by atoms with Gasteiger partial charge in [0.2, 0.25) is 5.91 Å². The molecule has 0 aliphatic heterocycles. The normalized spacial score (nSPS) is 10.6. The predicted octanol–water partition coefficient (Wildman–Crippen LogP) is 2.91. The van der Waals surface area contributed by atoms with Crippen molar-refractivity contribution in [2.45, 2.75) is 26.8 Å². The van der Waals surface area contributed by atoms with E-state index in [9.17, 15) is 14.4 Å². The second-order valence-corrected chi connectivity index (χ2v) is 6.41. The maximum atomic E-state index is 12.6. The zero-order valence-electron chi connectivity index (χ0n) is 15.8. The lowest BCUT2D eigenvalue weighted by atomic mass is 10.1. The zero-order chi connectivity index (χ0) is 20.1. The second-order valence-electron chi connectivity index (χ2n) is 6.41. The first-order valence-electron chi connectivity index (χ1n) is 9.01. The van der Waals surface area contributed by atoms with Crippen LogP contribution in [0.5, 0.6) is 0 Å². The summed E-state index contributed by atoms with van der Waals surface area (Å²) in [6.07, 6.45) is 2.13. The average Bonchev–Trinajstić information content (AvgIpc) is 2.69. The highest BCUT2D eigenvalue weighted by molar-refractivity contribution is 5.93. The van der Waals surface area contributed by atoms with Crippen molar-refractivity contribution in [3.63, 3.8) is 0 Å². The van der Waals surface area contributed by atoms with E-state index in [2.05, 4.69) is 10.3 Å². The minimum atomic E-state index is -0.399. The van der Waals surface area contributed by atoms with Crippen LogP contribution in [0.4, 0.5) is 5.69 Å². The van der Waals surface area contributed by atoms with Gasteiger partial charge in [-0.25, -0.2) is 9.78 Å². The maximum absolute atomic E-state index is 12.6. The molecule has 0 bridgehead atoms. The fraction of sp³-hybridized carbons (Fsp3) is 0.238. The van der Waals surface area contributed by atoms with Crippen LogP contribution in [0.2, 0.25) is 0 Å². The number of amides is 1. The van der Waals surface area contributed by atoms with Crippen molar-refractivity contribution < 1.29 is 14.3 Å². The highest BCUT2D eigenvalue weighted by Gasteiger charge is 2.11. The molecule has 0 radical (unpaired) electrons. The lowest BCUT2D eigenvalue weighted by molar-refractivity contribution is -0.116. The summed E-state index contributed by atoms with van der Waals surface area (Å²) in [5, 5.41) is 3.18. The molecule has 1 amide bonds. The van der Waals surface area contributed by atoms with E-state index in [-0.39, 0.29) is 18.0 Å².